The van der Waals surface area contributed by atoms with Gasteiger partial charge in [0.15, 0.2) is 11.5 Å². The molecule has 2 atom stereocenters. The van der Waals surface area contributed by atoms with E-state index in [-0.39, 0.29) is 12.5 Å². The highest BCUT2D eigenvalue weighted by Gasteiger charge is 2.30. The Bertz CT molecular complexity index is 862. The molecule has 0 bridgehead atoms. The van der Waals surface area contributed by atoms with Crippen molar-refractivity contribution in [1.29, 1.82) is 0 Å². The summed E-state index contributed by atoms with van der Waals surface area (Å²) in [4.78, 5) is 22.7. The van der Waals surface area contributed by atoms with E-state index in [4.69, 9.17) is 19.9 Å². The van der Waals surface area contributed by atoms with Gasteiger partial charge in [-0.2, -0.15) is 4.98 Å². The Labute approximate surface area is 162 Å². The average molecular weight is 391 g/mol. The third-order valence-electron chi connectivity index (χ3n) is 4.70. The molecule has 28 heavy (non-hydrogen) atoms. The van der Waals surface area contributed by atoms with Crippen molar-refractivity contribution < 1.29 is 24.1 Å². The van der Waals surface area contributed by atoms with Gasteiger partial charge in [-0.05, 0) is 12.5 Å². The SMILES string of the molecule is COCC(=O)N[C@@H]1CN(c2nc(N)c3cc(OC)c(OC)cc3n2)CC[C@@H]1O. The Morgan fingerprint density at radius 1 is 1.29 bits per heavy atom. The van der Waals surface area contributed by atoms with Crippen molar-refractivity contribution in [3.8, 4) is 11.5 Å². The van der Waals surface area contributed by atoms with Crippen LogP contribution in [-0.4, -0.2) is 74.2 Å². The van der Waals surface area contributed by atoms with Gasteiger partial charge >= 0.3 is 0 Å². The first-order valence-corrected chi connectivity index (χ1v) is 8.87. The van der Waals surface area contributed by atoms with E-state index < -0.39 is 12.1 Å². The minimum absolute atomic E-state index is 0.0652. The van der Waals surface area contributed by atoms with Crippen LogP contribution in [0.25, 0.3) is 10.9 Å². The van der Waals surface area contributed by atoms with Crippen molar-refractivity contribution in [3.05, 3.63) is 12.1 Å². The minimum atomic E-state index is -0.654. The van der Waals surface area contributed by atoms with Gasteiger partial charge in [0, 0.05) is 31.7 Å². The summed E-state index contributed by atoms with van der Waals surface area (Å²) in [6, 6.07) is 3.02. The normalized spacial score (nSPS) is 19.5. The first-order chi connectivity index (χ1) is 13.5. The number of nitrogens with two attached hydrogens (primary N) is 1. The topological polar surface area (TPSA) is 132 Å². The number of nitrogens with zero attached hydrogens (tertiary/aromatic N) is 3. The van der Waals surface area contributed by atoms with Gasteiger partial charge in [-0.1, -0.05) is 0 Å². The molecular formula is C18H25N5O5. The van der Waals surface area contributed by atoms with Crippen molar-refractivity contribution in [2.45, 2.75) is 18.6 Å². The van der Waals surface area contributed by atoms with Gasteiger partial charge in [-0.25, -0.2) is 4.98 Å². The molecule has 10 nitrogen and oxygen atoms in total. The number of aliphatic hydroxyl groups excluding tert-OH is 1. The van der Waals surface area contributed by atoms with Crippen molar-refractivity contribution in [1.82, 2.24) is 15.3 Å². The summed E-state index contributed by atoms with van der Waals surface area (Å²) >= 11 is 0. The first-order valence-electron chi connectivity index (χ1n) is 8.87. The zero-order valence-corrected chi connectivity index (χ0v) is 16.1. The summed E-state index contributed by atoms with van der Waals surface area (Å²) in [6.45, 7) is 0.829. The number of methoxy groups -OCH3 is 3. The summed E-state index contributed by atoms with van der Waals surface area (Å²) in [5, 5.41) is 13.7. The molecule has 1 aliphatic heterocycles. The summed E-state index contributed by atoms with van der Waals surface area (Å²) in [5.41, 5.74) is 6.77. The van der Waals surface area contributed by atoms with Gasteiger partial charge in [0.1, 0.15) is 12.4 Å². The molecule has 2 heterocycles. The fourth-order valence-electron chi connectivity index (χ4n) is 3.25. The lowest BCUT2D eigenvalue weighted by atomic mass is 10.0. The second-order valence-corrected chi connectivity index (χ2v) is 6.54. The number of hydrogen-bond acceptors (Lipinski definition) is 9. The highest BCUT2D eigenvalue weighted by atomic mass is 16.5. The summed E-state index contributed by atoms with van der Waals surface area (Å²) in [6.07, 6.45) is -0.190. The van der Waals surface area contributed by atoms with Crippen molar-refractivity contribution >= 4 is 28.6 Å². The first kappa shape index (κ1) is 19.9. The number of anilines is 2. The number of benzene rings is 1. The molecule has 0 radical (unpaired) electrons. The molecule has 1 amide bonds. The van der Waals surface area contributed by atoms with E-state index in [1.807, 2.05) is 4.90 Å². The second kappa shape index (κ2) is 8.44. The monoisotopic (exact) mass is 391 g/mol. The number of hydrogen-bond donors (Lipinski definition) is 3. The molecule has 3 rings (SSSR count). The minimum Gasteiger partial charge on any atom is -0.493 e. The van der Waals surface area contributed by atoms with Crippen LogP contribution in [0.3, 0.4) is 0 Å². The van der Waals surface area contributed by atoms with Crippen LogP contribution in [-0.2, 0) is 9.53 Å². The van der Waals surface area contributed by atoms with Crippen molar-refractivity contribution in [2.75, 3.05) is 51.7 Å². The van der Waals surface area contributed by atoms with E-state index in [0.717, 1.165) is 0 Å². The Morgan fingerprint density at radius 3 is 2.68 bits per heavy atom. The standard InChI is InChI=1S/C18H25N5O5/c1-26-9-16(25)20-12-8-23(5-4-13(12)24)18-21-11-7-15(28-3)14(27-2)6-10(11)17(19)22-18/h6-7,12-13,24H,4-5,8-9H2,1-3H3,(H,20,25)(H2,19,21,22)/t12-,13+/m1/s1. The van der Waals surface area contributed by atoms with E-state index in [0.29, 0.717) is 53.7 Å². The Morgan fingerprint density at radius 2 is 2.00 bits per heavy atom. The van der Waals surface area contributed by atoms with Crippen LogP contribution in [0.1, 0.15) is 6.42 Å². The Kier molecular flexibility index (Phi) is 6.00. The van der Waals surface area contributed by atoms with Crippen LogP contribution in [0.2, 0.25) is 0 Å². The lowest BCUT2D eigenvalue weighted by Gasteiger charge is -2.36. The van der Waals surface area contributed by atoms with Crippen molar-refractivity contribution in [2.24, 2.45) is 0 Å². The molecule has 0 unspecified atom stereocenters. The molecule has 4 N–H and O–H groups in total. The fraction of sp³-hybridized carbons (Fsp3) is 0.500. The molecule has 10 heteroatoms. The summed E-state index contributed by atoms with van der Waals surface area (Å²) in [5.74, 6) is 1.53. The number of piperidine rings is 1. The van der Waals surface area contributed by atoms with Crippen molar-refractivity contribution in [3.63, 3.8) is 0 Å². The van der Waals surface area contributed by atoms with Gasteiger partial charge in [-0.15, -0.1) is 0 Å². The average Bonchev–Trinajstić information content (AvgIpc) is 2.68. The number of carbonyl (C=O) groups is 1. The predicted octanol–water partition coefficient (Wildman–Crippen LogP) is -0.0686. The van der Waals surface area contributed by atoms with E-state index in [1.165, 1.54) is 7.11 Å². The smallest absolute Gasteiger partial charge is 0.246 e. The molecular weight excluding hydrogens is 366 g/mol. The number of carbonyl (C=O) groups excluding carboxylic acids is 1. The zero-order valence-electron chi connectivity index (χ0n) is 16.1. The molecule has 1 fully saturated rings. The molecule has 0 saturated carbocycles. The lowest BCUT2D eigenvalue weighted by Crippen LogP contribution is -2.56. The largest absolute Gasteiger partial charge is 0.493 e. The van der Waals surface area contributed by atoms with E-state index in [9.17, 15) is 9.90 Å². The molecule has 1 aliphatic rings. The maximum atomic E-state index is 11.8. The molecule has 1 aromatic heterocycles. The lowest BCUT2D eigenvalue weighted by molar-refractivity contribution is -0.126. The maximum absolute atomic E-state index is 11.8. The highest BCUT2D eigenvalue weighted by molar-refractivity contribution is 5.91. The van der Waals surface area contributed by atoms with Gasteiger partial charge in [0.2, 0.25) is 11.9 Å². The second-order valence-electron chi connectivity index (χ2n) is 6.54. The van der Waals surface area contributed by atoms with Crippen LogP contribution in [0.15, 0.2) is 12.1 Å². The predicted molar refractivity (Wildman–Crippen MR) is 104 cm³/mol. The van der Waals surface area contributed by atoms with Crippen LogP contribution < -0.4 is 25.4 Å². The van der Waals surface area contributed by atoms with Crippen LogP contribution in [0.5, 0.6) is 11.5 Å². The molecule has 1 saturated heterocycles. The quantitative estimate of drug-likeness (QED) is 0.619. The number of amides is 1. The van der Waals surface area contributed by atoms with Crippen LogP contribution in [0.4, 0.5) is 11.8 Å². The third-order valence-corrected chi connectivity index (χ3v) is 4.70. The molecule has 0 spiro atoms. The van der Waals surface area contributed by atoms with Crippen LogP contribution in [0, 0.1) is 0 Å². The van der Waals surface area contributed by atoms with Crippen LogP contribution >= 0.6 is 0 Å². The van der Waals surface area contributed by atoms with Gasteiger partial charge in [0.25, 0.3) is 0 Å². The number of nitrogen functional groups attached to an aromatic ring is 1. The fourth-order valence-corrected chi connectivity index (χ4v) is 3.25. The van der Waals surface area contributed by atoms with Gasteiger partial charge < -0.3 is 35.3 Å². The number of aliphatic hydroxyl groups is 1. The summed E-state index contributed by atoms with van der Waals surface area (Å²) < 4.78 is 15.5. The number of nitrogens with one attached hydrogen (secondary N) is 1. The zero-order chi connectivity index (χ0) is 20.3. The summed E-state index contributed by atoms with van der Waals surface area (Å²) in [7, 11) is 4.54. The molecule has 2 aromatic rings. The number of aromatic nitrogens is 2. The van der Waals surface area contributed by atoms with E-state index in [2.05, 4.69) is 15.3 Å². The van der Waals surface area contributed by atoms with Gasteiger partial charge in [0.05, 0.1) is 31.9 Å². The molecule has 1 aromatic carbocycles. The Balaban J connectivity index is 1.89. The Hall–Kier alpha value is -2.85. The molecule has 152 valence electrons. The number of rotatable bonds is 6. The van der Waals surface area contributed by atoms with E-state index in [1.54, 1.807) is 26.4 Å². The van der Waals surface area contributed by atoms with E-state index >= 15 is 0 Å². The third kappa shape index (κ3) is 4.02. The highest BCUT2D eigenvalue weighted by Crippen LogP contribution is 2.34. The van der Waals surface area contributed by atoms with Gasteiger partial charge in [-0.3, -0.25) is 4.79 Å². The number of ether oxygens (including phenoxy) is 3. The number of fused-ring (bicyclic) bond motifs is 1. The molecule has 0 aliphatic carbocycles. The maximum Gasteiger partial charge on any atom is 0.246 e.